The number of aromatic carboxylic acids is 1. The number of carbonyl (C=O) groups is 1. The van der Waals surface area contributed by atoms with Gasteiger partial charge in [-0.05, 0) is 42.6 Å². The van der Waals surface area contributed by atoms with Crippen LogP contribution in [0.15, 0.2) is 17.7 Å². The zero-order valence-corrected chi connectivity index (χ0v) is 14.0. The van der Waals surface area contributed by atoms with Gasteiger partial charge in [-0.2, -0.15) is 5.10 Å². The quantitative estimate of drug-likeness (QED) is 0.871. The average Bonchev–Trinajstić information content (AvgIpc) is 2.81. The maximum atomic E-state index is 11.1. The molecule has 1 fully saturated rings. The highest BCUT2D eigenvalue weighted by Crippen LogP contribution is 2.59. The van der Waals surface area contributed by atoms with Crippen molar-refractivity contribution in [1.29, 1.82) is 0 Å². The van der Waals surface area contributed by atoms with E-state index >= 15 is 0 Å². The van der Waals surface area contributed by atoms with Gasteiger partial charge >= 0.3 is 5.97 Å². The Labute approximate surface area is 137 Å². The first kappa shape index (κ1) is 14.9. The van der Waals surface area contributed by atoms with E-state index in [1.807, 2.05) is 4.68 Å². The third-order valence-corrected chi connectivity index (χ3v) is 6.30. The normalized spacial score (nSPS) is 29.2. The predicted octanol–water partition coefficient (Wildman–Crippen LogP) is 2.78. The molecule has 5 heteroatoms. The largest absolute Gasteiger partial charge is 0.476 e. The van der Waals surface area contributed by atoms with E-state index in [-0.39, 0.29) is 5.69 Å². The average molecular weight is 315 g/mol. The zero-order valence-electron chi connectivity index (χ0n) is 14.0. The molecule has 0 radical (unpaired) electrons. The molecule has 2 heterocycles. The third-order valence-electron chi connectivity index (χ3n) is 6.30. The lowest BCUT2D eigenvalue weighted by molar-refractivity contribution is -0.0108. The van der Waals surface area contributed by atoms with Crippen LogP contribution in [-0.2, 0) is 13.1 Å². The van der Waals surface area contributed by atoms with Gasteiger partial charge in [0.1, 0.15) is 0 Å². The summed E-state index contributed by atoms with van der Waals surface area (Å²) < 4.78 is 1.88. The van der Waals surface area contributed by atoms with Crippen molar-refractivity contribution in [3.05, 3.63) is 29.1 Å². The second-order valence-corrected chi connectivity index (χ2v) is 7.93. The van der Waals surface area contributed by atoms with E-state index in [1.54, 1.807) is 11.6 Å². The fourth-order valence-corrected chi connectivity index (χ4v) is 4.68. The molecule has 4 aliphatic rings. The highest BCUT2D eigenvalue weighted by molar-refractivity contribution is 5.85. The summed E-state index contributed by atoms with van der Waals surface area (Å²) in [6, 6.07) is 1.74. The molecule has 5 nitrogen and oxygen atoms in total. The van der Waals surface area contributed by atoms with Crippen molar-refractivity contribution in [2.24, 2.45) is 17.3 Å². The fourth-order valence-electron chi connectivity index (χ4n) is 4.68. The van der Waals surface area contributed by atoms with Gasteiger partial charge in [-0.15, -0.1) is 0 Å². The van der Waals surface area contributed by atoms with Crippen molar-refractivity contribution in [3.8, 4) is 0 Å². The van der Waals surface area contributed by atoms with Crippen LogP contribution in [0.3, 0.4) is 0 Å². The summed E-state index contributed by atoms with van der Waals surface area (Å²) >= 11 is 0. The van der Waals surface area contributed by atoms with Gasteiger partial charge in [0.25, 0.3) is 0 Å². The first-order valence-electron chi connectivity index (χ1n) is 8.66. The number of aryl methyl sites for hydroxylation is 1. The maximum Gasteiger partial charge on any atom is 0.356 e. The van der Waals surface area contributed by atoms with Gasteiger partial charge in [0, 0.05) is 26.2 Å². The molecule has 124 valence electrons. The SMILES string of the molecule is CC1(C)[C@H]2CC=C(CN3CCCn4nc(C(=O)O)cc4C3)[C@@H]1C2. The highest BCUT2D eigenvalue weighted by Gasteiger charge is 2.51. The van der Waals surface area contributed by atoms with Gasteiger partial charge in [-0.1, -0.05) is 25.5 Å². The van der Waals surface area contributed by atoms with Crippen molar-refractivity contribution >= 4 is 5.97 Å². The van der Waals surface area contributed by atoms with E-state index in [2.05, 4.69) is 29.9 Å². The minimum Gasteiger partial charge on any atom is -0.476 e. The highest BCUT2D eigenvalue weighted by atomic mass is 16.4. The summed E-state index contributed by atoms with van der Waals surface area (Å²) in [5.74, 6) is 0.679. The summed E-state index contributed by atoms with van der Waals surface area (Å²) in [5.41, 5.74) is 3.27. The minimum atomic E-state index is -0.936. The molecule has 3 aliphatic carbocycles. The van der Waals surface area contributed by atoms with Gasteiger partial charge in [0.05, 0.1) is 5.69 Å². The molecular weight excluding hydrogens is 290 g/mol. The first-order valence-corrected chi connectivity index (χ1v) is 8.66. The van der Waals surface area contributed by atoms with Crippen LogP contribution in [0.4, 0.5) is 0 Å². The minimum absolute atomic E-state index is 0.168. The summed E-state index contributed by atoms with van der Waals surface area (Å²) in [6.45, 7) is 8.52. The Morgan fingerprint density at radius 3 is 2.96 bits per heavy atom. The van der Waals surface area contributed by atoms with Crippen LogP contribution in [0, 0.1) is 17.3 Å². The fraction of sp³-hybridized carbons (Fsp3) is 0.667. The molecule has 2 atom stereocenters. The Morgan fingerprint density at radius 1 is 1.43 bits per heavy atom. The van der Waals surface area contributed by atoms with E-state index in [4.69, 9.17) is 5.11 Å². The van der Waals surface area contributed by atoms with Crippen LogP contribution in [0.2, 0.25) is 0 Å². The van der Waals surface area contributed by atoms with Gasteiger partial charge < -0.3 is 5.11 Å². The molecule has 23 heavy (non-hydrogen) atoms. The molecule has 0 spiro atoms. The molecule has 1 aliphatic heterocycles. The molecule has 0 aromatic carbocycles. The monoisotopic (exact) mass is 315 g/mol. The van der Waals surface area contributed by atoms with Crippen LogP contribution >= 0.6 is 0 Å². The standard InChI is InChI=1S/C18H25N3O2/c1-18(2)13-5-4-12(15(18)8-13)10-20-6-3-7-21-14(11-20)9-16(19-21)17(22)23/h4,9,13,15H,3,5-8,10-11H2,1-2H3,(H,22,23)/t13-,15-/m0/s1. The second kappa shape index (κ2) is 5.20. The lowest BCUT2D eigenvalue weighted by atomic mass is 9.49. The molecule has 0 amide bonds. The van der Waals surface area contributed by atoms with E-state index in [1.165, 1.54) is 12.8 Å². The van der Waals surface area contributed by atoms with Gasteiger partial charge in [0.15, 0.2) is 5.69 Å². The number of allylic oxidation sites excluding steroid dienone is 1. The number of rotatable bonds is 3. The van der Waals surface area contributed by atoms with Crippen LogP contribution in [0.1, 0.15) is 49.3 Å². The van der Waals surface area contributed by atoms with Crippen LogP contribution < -0.4 is 0 Å². The Balaban J connectivity index is 1.50. The predicted molar refractivity (Wildman–Crippen MR) is 87.2 cm³/mol. The maximum absolute atomic E-state index is 11.1. The van der Waals surface area contributed by atoms with E-state index < -0.39 is 5.97 Å². The Morgan fingerprint density at radius 2 is 2.26 bits per heavy atom. The summed E-state index contributed by atoms with van der Waals surface area (Å²) in [7, 11) is 0. The second-order valence-electron chi connectivity index (χ2n) is 7.93. The van der Waals surface area contributed by atoms with E-state index in [9.17, 15) is 4.79 Å². The van der Waals surface area contributed by atoms with E-state index in [0.29, 0.717) is 5.41 Å². The lowest BCUT2D eigenvalue weighted by Gasteiger charge is -2.57. The number of carboxylic acid groups (broad SMARTS) is 1. The van der Waals surface area contributed by atoms with Crippen LogP contribution in [0.25, 0.3) is 0 Å². The number of nitrogens with zero attached hydrogens (tertiary/aromatic N) is 3. The number of hydrogen-bond acceptors (Lipinski definition) is 3. The molecule has 0 saturated heterocycles. The molecular formula is C18H25N3O2. The third kappa shape index (κ3) is 2.42. The molecule has 2 bridgehead atoms. The van der Waals surface area contributed by atoms with Crippen molar-refractivity contribution < 1.29 is 9.90 Å². The Bertz CT molecular complexity index is 674. The van der Waals surface area contributed by atoms with E-state index in [0.717, 1.165) is 50.1 Å². The number of aromatic nitrogens is 2. The smallest absolute Gasteiger partial charge is 0.356 e. The van der Waals surface area contributed by atoms with Crippen LogP contribution in [0.5, 0.6) is 0 Å². The topological polar surface area (TPSA) is 58.4 Å². The van der Waals surface area contributed by atoms with Gasteiger partial charge in [-0.25, -0.2) is 4.79 Å². The molecule has 1 aromatic heterocycles. The summed E-state index contributed by atoms with van der Waals surface area (Å²) in [4.78, 5) is 13.6. The van der Waals surface area contributed by atoms with Gasteiger partial charge in [0.2, 0.25) is 0 Å². The molecule has 1 saturated carbocycles. The molecule has 1 N–H and O–H groups in total. The molecule has 0 unspecified atom stereocenters. The zero-order chi connectivity index (χ0) is 16.2. The number of fused-ring (bicyclic) bond motifs is 2. The van der Waals surface area contributed by atoms with Gasteiger partial charge in [-0.3, -0.25) is 9.58 Å². The van der Waals surface area contributed by atoms with Crippen LogP contribution in [-0.4, -0.2) is 38.8 Å². The Hall–Kier alpha value is -1.62. The van der Waals surface area contributed by atoms with Crippen molar-refractivity contribution in [2.45, 2.75) is 46.2 Å². The van der Waals surface area contributed by atoms with Crippen molar-refractivity contribution in [1.82, 2.24) is 14.7 Å². The van der Waals surface area contributed by atoms with Crippen molar-refractivity contribution in [2.75, 3.05) is 13.1 Å². The van der Waals surface area contributed by atoms with Crippen molar-refractivity contribution in [3.63, 3.8) is 0 Å². The Kier molecular flexibility index (Phi) is 3.38. The summed E-state index contributed by atoms with van der Waals surface area (Å²) in [5, 5.41) is 13.3. The lowest BCUT2D eigenvalue weighted by Crippen LogP contribution is -2.49. The molecule has 5 rings (SSSR count). The number of hydrogen-bond donors (Lipinski definition) is 1. The first-order chi connectivity index (χ1) is 10.9. The molecule has 1 aromatic rings. The summed E-state index contributed by atoms with van der Waals surface area (Å²) in [6.07, 6.45) is 6.08. The number of carboxylic acids is 1.